The van der Waals surface area contributed by atoms with E-state index in [0.29, 0.717) is 27.4 Å². The van der Waals surface area contributed by atoms with Gasteiger partial charge in [0, 0.05) is 17.6 Å². The predicted molar refractivity (Wildman–Crippen MR) is 80.1 cm³/mol. The van der Waals surface area contributed by atoms with Crippen LogP contribution in [0, 0.1) is 11.3 Å². The van der Waals surface area contributed by atoms with Crippen LogP contribution in [0.5, 0.6) is 11.5 Å². The van der Waals surface area contributed by atoms with Crippen molar-refractivity contribution in [3.8, 4) is 17.6 Å². The third-order valence-corrected chi connectivity index (χ3v) is 3.27. The van der Waals surface area contributed by atoms with Crippen molar-refractivity contribution in [1.82, 2.24) is 4.98 Å². The van der Waals surface area contributed by atoms with Crippen molar-refractivity contribution in [3.63, 3.8) is 0 Å². The van der Waals surface area contributed by atoms with E-state index in [1.54, 1.807) is 19.1 Å². The fourth-order valence-corrected chi connectivity index (χ4v) is 2.10. The number of carbonyl (C=O) groups excluding carboxylic acids is 1. The van der Waals surface area contributed by atoms with Crippen molar-refractivity contribution >= 4 is 28.5 Å². The monoisotopic (exact) mass is 320 g/mol. The molecule has 1 aromatic heterocycles. The quantitative estimate of drug-likeness (QED) is 0.788. The minimum atomic E-state index is -0.476. The average molecular weight is 321 g/mol. The van der Waals surface area contributed by atoms with E-state index < -0.39 is 5.97 Å². The van der Waals surface area contributed by atoms with Crippen LogP contribution in [0.4, 0.5) is 0 Å². The fraction of sp³-hybridized carbons (Fsp3) is 0.267. The van der Waals surface area contributed by atoms with Gasteiger partial charge in [0.25, 0.3) is 0 Å². The summed E-state index contributed by atoms with van der Waals surface area (Å²) in [7, 11) is 1.47. The van der Waals surface area contributed by atoms with Gasteiger partial charge in [0.15, 0.2) is 18.1 Å². The first-order valence-electron chi connectivity index (χ1n) is 6.45. The largest absolute Gasteiger partial charge is 0.493 e. The second kappa shape index (κ2) is 6.96. The van der Waals surface area contributed by atoms with Crippen LogP contribution in [0.2, 0.25) is 5.02 Å². The zero-order valence-corrected chi connectivity index (χ0v) is 12.8. The number of pyridine rings is 1. The molecule has 0 aliphatic rings. The van der Waals surface area contributed by atoms with Gasteiger partial charge in [-0.2, -0.15) is 5.26 Å². The minimum Gasteiger partial charge on any atom is -0.493 e. The Labute approximate surface area is 132 Å². The highest BCUT2D eigenvalue weighted by Gasteiger charge is 2.14. The number of methoxy groups -OCH3 is 1. The Kier molecular flexibility index (Phi) is 5.02. The number of benzene rings is 1. The summed E-state index contributed by atoms with van der Waals surface area (Å²) >= 11 is 6.16. The van der Waals surface area contributed by atoms with Gasteiger partial charge in [-0.25, -0.2) is 4.79 Å². The summed E-state index contributed by atoms with van der Waals surface area (Å²) in [5, 5.41) is 9.84. The number of halogens is 1. The Hall–Kier alpha value is -2.52. The lowest BCUT2D eigenvalue weighted by Gasteiger charge is -2.12. The number of fused-ring (bicyclic) bond motifs is 1. The summed E-state index contributed by atoms with van der Waals surface area (Å²) in [4.78, 5) is 15.5. The van der Waals surface area contributed by atoms with Gasteiger partial charge in [0.05, 0.1) is 29.8 Å². The van der Waals surface area contributed by atoms with E-state index in [0.717, 1.165) is 0 Å². The van der Waals surface area contributed by atoms with Crippen molar-refractivity contribution in [2.45, 2.75) is 6.92 Å². The number of aromatic nitrogens is 1. The minimum absolute atomic E-state index is 0.236. The molecular weight excluding hydrogens is 308 g/mol. The van der Waals surface area contributed by atoms with E-state index in [2.05, 4.69) is 4.98 Å². The molecule has 0 saturated heterocycles. The summed E-state index contributed by atoms with van der Waals surface area (Å²) < 4.78 is 15.4. The average Bonchev–Trinajstić information content (AvgIpc) is 2.53. The van der Waals surface area contributed by atoms with Gasteiger partial charge in [-0.05, 0) is 13.0 Å². The molecule has 0 aliphatic carbocycles. The van der Waals surface area contributed by atoms with Gasteiger partial charge < -0.3 is 14.2 Å². The molecule has 0 amide bonds. The normalized spacial score (nSPS) is 10.1. The highest BCUT2D eigenvalue weighted by atomic mass is 35.5. The predicted octanol–water partition coefficient (Wildman–Crippen LogP) is 2.71. The highest BCUT2D eigenvalue weighted by Crippen LogP contribution is 2.35. The topological polar surface area (TPSA) is 81.4 Å². The van der Waals surface area contributed by atoms with Gasteiger partial charge in [0.2, 0.25) is 0 Å². The van der Waals surface area contributed by atoms with Gasteiger partial charge in [-0.15, -0.1) is 0 Å². The number of nitrogens with zero attached hydrogens (tertiary/aromatic N) is 2. The van der Waals surface area contributed by atoms with E-state index >= 15 is 0 Å². The number of hydrogen-bond donors (Lipinski definition) is 0. The Balaban J connectivity index is 2.39. The molecule has 7 heteroatoms. The molecule has 1 heterocycles. The van der Waals surface area contributed by atoms with Crippen LogP contribution in [-0.4, -0.2) is 31.3 Å². The van der Waals surface area contributed by atoms with Gasteiger partial charge in [0.1, 0.15) is 6.07 Å². The van der Waals surface area contributed by atoms with E-state index in [1.165, 1.54) is 13.3 Å². The number of nitriles is 1. The van der Waals surface area contributed by atoms with Crippen LogP contribution in [0.15, 0.2) is 18.3 Å². The van der Waals surface area contributed by atoms with Crippen LogP contribution in [0.3, 0.4) is 0 Å². The van der Waals surface area contributed by atoms with E-state index in [-0.39, 0.29) is 18.8 Å². The van der Waals surface area contributed by atoms with Crippen LogP contribution >= 0.6 is 11.6 Å². The number of rotatable bonds is 5. The van der Waals surface area contributed by atoms with E-state index in [9.17, 15) is 4.79 Å². The molecule has 114 valence electrons. The third-order valence-electron chi connectivity index (χ3n) is 2.86. The Morgan fingerprint density at radius 1 is 1.41 bits per heavy atom. The van der Waals surface area contributed by atoms with Crippen molar-refractivity contribution in [2.75, 3.05) is 20.3 Å². The fourth-order valence-electron chi connectivity index (χ4n) is 1.86. The zero-order chi connectivity index (χ0) is 16.1. The van der Waals surface area contributed by atoms with Gasteiger partial charge in [-0.1, -0.05) is 11.6 Å². The highest BCUT2D eigenvalue weighted by molar-refractivity contribution is 6.36. The zero-order valence-electron chi connectivity index (χ0n) is 12.1. The number of ether oxygens (including phenoxy) is 3. The molecule has 2 rings (SSSR count). The molecular formula is C15H13ClN2O4. The van der Waals surface area contributed by atoms with Gasteiger partial charge in [-0.3, -0.25) is 4.98 Å². The number of esters is 1. The third kappa shape index (κ3) is 3.21. The Bertz CT molecular complexity index is 755. The van der Waals surface area contributed by atoms with Crippen LogP contribution < -0.4 is 9.47 Å². The Morgan fingerprint density at radius 2 is 2.18 bits per heavy atom. The number of carbonyl (C=O) groups is 1. The van der Waals surface area contributed by atoms with Crippen LogP contribution in [0.1, 0.15) is 12.5 Å². The maximum atomic E-state index is 11.4. The molecule has 0 radical (unpaired) electrons. The Morgan fingerprint density at radius 3 is 2.82 bits per heavy atom. The van der Waals surface area contributed by atoms with E-state index in [4.69, 9.17) is 31.1 Å². The van der Waals surface area contributed by atoms with Crippen molar-refractivity contribution in [2.24, 2.45) is 0 Å². The van der Waals surface area contributed by atoms with Crippen LogP contribution in [-0.2, 0) is 9.53 Å². The molecule has 0 bridgehead atoms. The molecule has 0 spiro atoms. The lowest BCUT2D eigenvalue weighted by atomic mass is 10.1. The molecule has 22 heavy (non-hydrogen) atoms. The van der Waals surface area contributed by atoms with Crippen molar-refractivity contribution in [1.29, 1.82) is 5.26 Å². The second-order valence-electron chi connectivity index (χ2n) is 4.21. The lowest BCUT2D eigenvalue weighted by Crippen LogP contribution is -2.14. The summed E-state index contributed by atoms with van der Waals surface area (Å²) in [5.41, 5.74) is 0.806. The smallest absolute Gasteiger partial charge is 0.344 e. The molecule has 0 saturated carbocycles. The number of hydrogen-bond acceptors (Lipinski definition) is 6. The molecule has 0 aliphatic heterocycles. The molecule has 0 unspecified atom stereocenters. The summed E-state index contributed by atoms with van der Waals surface area (Å²) in [5.74, 6) is 0.252. The van der Waals surface area contributed by atoms with Gasteiger partial charge >= 0.3 is 5.97 Å². The maximum Gasteiger partial charge on any atom is 0.344 e. The maximum absolute atomic E-state index is 11.4. The summed E-state index contributed by atoms with van der Waals surface area (Å²) in [6, 6.07) is 5.18. The standard InChI is InChI=1S/C15H13ClN2O4/c1-3-21-14(19)8-22-13-5-11-10(4-12(13)20-2)15(16)9(6-17)7-18-11/h4-5,7H,3,8H2,1-2H3. The second-order valence-corrected chi connectivity index (χ2v) is 4.59. The first kappa shape index (κ1) is 15.9. The van der Waals surface area contributed by atoms with Crippen molar-refractivity contribution < 1.29 is 19.0 Å². The summed E-state index contributed by atoms with van der Waals surface area (Å²) in [6.07, 6.45) is 1.38. The van der Waals surface area contributed by atoms with E-state index in [1.807, 2.05) is 6.07 Å². The lowest BCUT2D eigenvalue weighted by molar-refractivity contribution is -0.145. The SMILES string of the molecule is CCOC(=O)COc1cc2ncc(C#N)c(Cl)c2cc1OC. The molecule has 0 fully saturated rings. The molecule has 2 aromatic rings. The van der Waals surface area contributed by atoms with Crippen LogP contribution in [0.25, 0.3) is 10.9 Å². The molecule has 1 aromatic carbocycles. The first-order chi connectivity index (χ1) is 10.6. The first-order valence-corrected chi connectivity index (χ1v) is 6.83. The molecule has 6 nitrogen and oxygen atoms in total. The van der Waals surface area contributed by atoms with Crippen molar-refractivity contribution in [3.05, 3.63) is 28.9 Å². The molecule has 0 atom stereocenters. The summed E-state index contributed by atoms with van der Waals surface area (Å²) in [6.45, 7) is 1.76. The molecule has 0 N–H and O–H groups in total.